The minimum atomic E-state index is -2.72. The minimum absolute atomic E-state index is 0.197. The average molecular weight is 185 g/mol. The predicted octanol–water partition coefficient (Wildman–Crippen LogP) is 0.960. The molecule has 0 fully saturated rings. The Hall–Kier alpha value is -1.72. The first kappa shape index (κ1) is 7.90. The average Bonchev–Trinajstić information content (AvgIpc) is 2.51. The summed E-state index contributed by atoms with van der Waals surface area (Å²) in [5.74, 6) is 0. The predicted molar refractivity (Wildman–Crippen MR) is 40.8 cm³/mol. The molecule has 2 aromatic rings. The van der Waals surface area contributed by atoms with Gasteiger partial charge >= 0.3 is 0 Å². The Morgan fingerprint density at radius 3 is 3.00 bits per heavy atom. The van der Waals surface area contributed by atoms with Crippen LogP contribution >= 0.6 is 0 Å². The van der Waals surface area contributed by atoms with Crippen molar-refractivity contribution in [3.05, 3.63) is 34.4 Å². The zero-order valence-electron chi connectivity index (χ0n) is 6.37. The number of rotatable bonds is 1. The number of hydrogen-bond acceptors (Lipinski definition) is 2. The molecule has 2 aromatic heterocycles. The highest BCUT2D eigenvalue weighted by Gasteiger charge is 2.11. The fraction of sp³-hybridized carbons (Fsp3) is 0.143. The number of fused-ring (bicyclic) bond motifs is 1. The third kappa shape index (κ3) is 1.20. The van der Waals surface area contributed by atoms with E-state index in [1.165, 1.54) is 12.3 Å². The summed E-state index contributed by atoms with van der Waals surface area (Å²) in [4.78, 5) is 14.7. The largest absolute Gasteiger partial charge is 0.297 e. The van der Waals surface area contributed by atoms with E-state index in [1.54, 1.807) is 0 Å². The fourth-order valence-corrected chi connectivity index (χ4v) is 1.06. The van der Waals surface area contributed by atoms with Crippen LogP contribution in [0.5, 0.6) is 0 Å². The van der Waals surface area contributed by atoms with Gasteiger partial charge in [0.1, 0.15) is 5.69 Å². The van der Waals surface area contributed by atoms with Crippen molar-refractivity contribution in [1.29, 1.82) is 0 Å². The highest BCUT2D eigenvalue weighted by atomic mass is 19.3. The number of H-pyrrole nitrogens is 1. The van der Waals surface area contributed by atoms with Crippen LogP contribution in [0.15, 0.2) is 23.1 Å². The molecule has 0 aliphatic rings. The Labute approximate surface area is 70.8 Å². The van der Waals surface area contributed by atoms with E-state index in [9.17, 15) is 13.6 Å². The van der Waals surface area contributed by atoms with Crippen molar-refractivity contribution in [1.82, 2.24) is 14.6 Å². The third-order valence-corrected chi connectivity index (χ3v) is 1.62. The molecular weight excluding hydrogens is 180 g/mol. The van der Waals surface area contributed by atoms with Gasteiger partial charge in [-0.15, -0.1) is 0 Å². The Morgan fingerprint density at radius 2 is 2.31 bits per heavy atom. The lowest BCUT2D eigenvalue weighted by Gasteiger charge is -1.97. The normalized spacial score (nSPS) is 11.3. The van der Waals surface area contributed by atoms with Crippen molar-refractivity contribution in [3.63, 3.8) is 0 Å². The van der Waals surface area contributed by atoms with Crippen molar-refractivity contribution in [2.75, 3.05) is 0 Å². The summed E-state index contributed by atoms with van der Waals surface area (Å²) in [6.07, 6.45) is -1.26. The second-order valence-electron chi connectivity index (χ2n) is 2.48. The van der Waals surface area contributed by atoms with Crippen LogP contribution in [0.4, 0.5) is 8.78 Å². The van der Waals surface area contributed by atoms with E-state index in [4.69, 9.17) is 0 Å². The molecule has 6 heteroatoms. The summed E-state index contributed by atoms with van der Waals surface area (Å²) in [6.45, 7) is 0. The fourth-order valence-electron chi connectivity index (χ4n) is 1.06. The molecule has 1 N–H and O–H groups in total. The van der Waals surface area contributed by atoms with Gasteiger partial charge in [-0.1, -0.05) is 0 Å². The summed E-state index contributed by atoms with van der Waals surface area (Å²) in [6, 6.07) is 2.27. The van der Waals surface area contributed by atoms with Gasteiger partial charge in [-0.05, 0) is 0 Å². The number of halogens is 2. The molecule has 68 valence electrons. The van der Waals surface area contributed by atoms with Gasteiger partial charge in [0.15, 0.2) is 5.65 Å². The van der Waals surface area contributed by atoms with E-state index >= 15 is 0 Å². The topological polar surface area (TPSA) is 50.2 Å². The van der Waals surface area contributed by atoms with Crippen molar-refractivity contribution in [2.24, 2.45) is 0 Å². The molecule has 2 rings (SSSR count). The van der Waals surface area contributed by atoms with Crippen LogP contribution in [0.25, 0.3) is 5.65 Å². The van der Waals surface area contributed by atoms with Crippen LogP contribution in [0, 0.1) is 0 Å². The van der Waals surface area contributed by atoms with E-state index in [0.29, 0.717) is 0 Å². The van der Waals surface area contributed by atoms with E-state index in [0.717, 1.165) is 10.6 Å². The first-order valence-electron chi connectivity index (χ1n) is 3.54. The summed E-state index contributed by atoms with van der Waals surface area (Å²) in [7, 11) is 0. The number of aromatic amines is 1. The highest BCUT2D eigenvalue weighted by molar-refractivity contribution is 5.36. The van der Waals surface area contributed by atoms with Crippen LogP contribution < -0.4 is 5.56 Å². The standard InChI is InChI=1S/C7H5F2N3O/c8-7(9)4-3-6(13)12-5(11-4)1-2-10-12/h1-3,7,10H. The molecule has 13 heavy (non-hydrogen) atoms. The molecule has 0 amide bonds. The summed E-state index contributed by atoms with van der Waals surface area (Å²) >= 11 is 0. The first-order valence-corrected chi connectivity index (χ1v) is 3.54. The maximum absolute atomic E-state index is 12.2. The summed E-state index contributed by atoms with van der Waals surface area (Å²) in [5.41, 5.74) is -0.835. The van der Waals surface area contributed by atoms with Crippen molar-refractivity contribution in [3.8, 4) is 0 Å². The Balaban J connectivity index is 2.77. The SMILES string of the molecule is O=c1cc(C(F)F)nc2cc[nH]n12. The van der Waals surface area contributed by atoms with Gasteiger partial charge in [0.25, 0.3) is 12.0 Å². The maximum atomic E-state index is 12.2. The van der Waals surface area contributed by atoms with Gasteiger partial charge in [0, 0.05) is 18.3 Å². The number of aromatic nitrogens is 3. The van der Waals surface area contributed by atoms with E-state index < -0.39 is 17.7 Å². The molecule has 0 saturated heterocycles. The zero-order valence-corrected chi connectivity index (χ0v) is 6.37. The zero-order chi connectivity index (χ0) is 9.42. The number of alkyl halides is 2. The Kier molecular flexibility index (Phi) is 1.61. The van der Waals surface area contributed by atoms with Crippen molar-refractivity contribution in [2.45, 2.75) is 6.43 Å². The van der Waals surface area contributed by atoms with Gasteiger partial charge in [0.2, 0.25) is 0 Å². The van der Waals surface area contributed by atoms with Gasteiger partial charge in [-0.25, -0.2) is 18.3 Å². The molecule has 0 aromatic carbocycles. The minimum Gasteiger partial charge on any atom is -0.297 e. The molecule has 0 saturated carbocycles. The number of nitrogens with one attached hydrogen (secondary N) is 1. The van der Waals surface area contributed by atoms with E-state index in [-0.39, 0.29) is 5.65 Å². The van der Waals surface area contributed by atoms with Crippen LogP contribution in [-0.2, 0) is 0 Å². The van der Waals surface area contributed by atoms with Gasteiger partial charge in [-0.2, -0.15) is 0 Å². The molecular formula is C7H5F2N3O. The summed E-state index contributed by atoms with van der Waals surface area (Å²) in [5, 5.41) is 2.55. The van der Waals surface area contributed by atoms with Crippen LogP contribution in [0.2, 0.25) is 0 Å². The van der Waals surface area contributed by atoms with Crippen molar-refractivity contribution < 1.29 is 8.78 Å². The molecule has 0 bridgehead atoms. The van der Waals surface area contributed by atoms with Crippen LogP contribution in [0.1, 0.15) is 12.1 Å². The maximum Gasteiger partial charge on any atom is 0.280 e. The van der Waals surface area contributed by atoms with E-state index in [1.807, 2.05) is 0 Å². The van der Waals surface area contributed by atoms with Gasteiger partial charge < -0.3 is 0 Å². The van der Waals surface area contributed by atoms with Crippen LogP contribution in [0.3, 0.4) is 0 Å². The third-order valence-electron chi connectivity index (χ3n) is 1.62. The quantitative estimate of drug-likeness (QED) is 0.719. The highest BCUT2D eigenvalue weighted by Crippen LogP contribution is 2.14. The molecule has 0 spiro atoms. The van der Waals surface area contributed by atoms with Crippen molar-refractivity contribution >= 4 is 5.65 Å². The molecule has 0 aliphatic carbocycles. The molecule has 0 atom stereocenters. The van der Waals surface area contributed by atoms with Gasteiger partial charge in [-0.3, -0.25) is 9.89 Å². The molecule has 2 heterocycles. The lowest BCUT2D eigenvalue weighted by Crippen LogP contribution is -2.15. The first-order chi connectivity index (χ1) is 6.18. The van der Waals surface area contributed by atoms with Crippen LogP contribution in [-0.4, -0.2) is 14.6 Å². The lowest BCUT2D eigenvalue weighted by molar-refractivity contribution is 0.146. The van der Waals surface area contributed by atoms with Gasteiger partial charge in [0.05, 0.1) is 0 Å². The summed E-state index contributed by atoms with van der Waals surface area (Å²) < 4.78 is 25.4. The number of nitrogens with zero attached hydrogens (tertiary/aromatic N) is 2. The second-order valence-corrected chi connectivity index (χ2v) is 2.48. The van der Waals surface area contributed by atoms with E-state index in [2.05, 4.69) is 10.1 Å². The molecule has 0 unspecified atom stereocenters. The Morgan fingerprint density at radius 1 is 1.54 bits per heavy atom. The Bertz CT molecular complexity index is 488. The lowest BCUT2D eigenvalue weighted by atomic mass is 10.4. The molecule has 0 radical (unpaired) electrons. The molecule has 4 nitrogen and oxygen atoms in total. The smallest absolute Gasteiger partial charge is 0.280 e. The number of hydrogen-bond donors (Lipinski definition) is 1. The second kappa shape index (κ2) is 2.65. The molecule has 0 aliphatic heterocycles. The monoisotopic (exact) mass is 185 g/mol.